The van der Waals surface area contributed by atoms with Crippen LogP contribution in [0.3, 0.4) is 0 Å². The number of benzene rings is 3. The highest BCUT2D eigenvalue weighted by Gasteiger charge is 2.27. The van der Waals surface area contributed by atoms with Gasteiger partial charge in [0.1, 0.15) is 12.4 Å². The van der Waals surface area contributed by atoms with E-state index in [4.69, 9.17) is 0 Å². The first-order valence-corrected chi connectivity index (χ1v) is 12.7. The van der Waals surface area contributed by atoms with E-state index in [0.29, 0.717) is 12.3 Å². The van der Waals surface area contributed by atoms with Gasteiger partial charge in [0, 0.05) is 18.1 Å². The molecule has 1 amide bonds. The van der Waals surface area contributed by atoms with Gasteiger partial charge in [-0.25, -0.2) is 12.8 Å². The summed E-state index contributed by atoms with van der Waals surface area (Å²) >= 11 is 1.69. The molecule has 8 heteroatoms. The number of thioether (sulfide) groups is 1. The van der Waals surface area contributed by atoms with E-state index in [1.807, 2.05) is 6.92 Å². The predicted octanol–water partition coefficient (Wildman–Crippen LogP) is 4.38. The van der Waals surface area contributed by atoms with Crippen molar-refractivity contribution in [2.75, 3.05) is 23.1 Å². The number of rotatable bonds is 10. The number of carbonyl (C=O) groups excluding carboxylic acids is 1. The van der Waals surface area contributed by atoms with Crippen molar-refractivity contribution in [1.29, 1.82) is 0 Å². The Morgan fingerprint density at radius 1 is 0.969 bits per heavy atom. The molecule has 32 heavy (non-hydrogen) atoms. The van der Waals surface area contributed by atoms with Crippen LogP contribution in [-0.2, 0) is 20.6 Å². The predicted molar refractivity (Wildman–Crippen MR) is 128 cm³/mol. The SMILES string of the molecule is Cc1ccc(CSCCNC(=O)CN(c2ccc(F)cc2)S(=O)(=O)c2ccccc2)cc1. The van der Waals surface area contributed by atoms with Crippen molar-refractivity contribution in [3.63, 3.8) is 0 Å². The lowest BCUT2D eigenvalue weighted by Gasteiger charge is -2.24. The summed E-state index contributed by atoms with van der Waals surface area (Å²) in [7, 11) is -3.99. The average Bonchev–Trinajstić information content (AvgIpc) is 2.80. The Bertz CT molecular complexity index is 1120. The fourth-order valence-electron chi connectivity index (χ4n) is 2.97. The van der Waals surface area contributed by atoms with E-state index in [1.54, 1.807) is 30.0 Å². The molecular weight excluding hydrogens is 447 g/mol. The lowest BCUT2D eigenvalue weighted by atomic mass is 10.2. The molecule has 0 bridgehead atoms. The maximum Gasteiger partial charge on any atom is 0.264 e. The molecule has 0 aromatic heterocycles. The van der Waals surface area contributed by atoms with E-state index in [1.165, 1.54) is 47.5 Å². The lowest BCUT2D eigenvalue weighted by Crippen LogP contribution is -2.41. The van der Waals surface area contributed by atoms with Gasteiger partial charge in [-0.2, -0.15) is 11.8 Å². The van der Waals surface area contributed by atoms with Gasteiger partial charge in [0.25, 0.3) is 10.0 Å². The van der Waals surface area contributed by atoms with Crippen LogP contribution in [-0.4, -0.2) is 33.2 Å². The normalized spacial score (nSPS) is 11.2. The van der Waals surface area contributed by atoms with Crippen LogP contribution in [0, 0.1) is 12.7 Å². The second-order valence-electron chi connectivity index (χ2n) is 7.19. The molecule has 0 atom stereocenters. The van der Waals surface area contributed by atoms with Crippen LogP contribution in [0.25, 0.3) is 0 Å². The van der Waals surface area contributed by atoms with Gasteiger partial charge in [-0.1, -0.05) is 48.0 Å². The van der Waals surface area contributed by atoms with Crippen molar-refractivity contribution >= 4 is 33.4 Å². The number of amides is 1. The molecule has 0 saturated carbocycles. The van der Waals surface area contributed by atoms with Gasteiger partial charge >= 0.3 is 0 Å². The topological polar surface area (TPSA) is 66.5 Å². The Balaban J connectivity index is 1.61. The van der Waals surface area contributed by atoms with Crippen LogP contribution in [0.1, 0.15) is 11.1 Å². The summed E-state index contributed by atoms with van der Waals surface area (Å²) in [5.74, 6) is 0.618. The Morgan fingerprint density at radius 3 is 2.28 bits per heavy atom. The Kier molecular flexibility index (Phi) is 8.30. The first kappa shape index (κ1) is 23.8. The molecule has 5 nitrogen and oxygen atoms in total. The van der Waals surface area contributed by atoms with E-state index >= 15 is 0 Å². The van der Waals surface area contributed by atoms with Gasteiger partial charge < -0.3 is 5.32 Å². The maximum atomic E-state index is 13.4. The monoisotopic (exact) mass is 472 g/mol. The summed E-state index contributed by atoms with van der Waals surface area (Å²) in [6.07, 6.45) is 0. The van der Waals surface area contributed by atoms with Gasteiger partial charge in [0.2, 0.25) is 5.91 Å². The van der Waals surface area contributed by atoms with Gasteiger partial charge in [0.05, 0.1) is 10.6 Å². The molecule has 0 aliphatic carbocycles. The summed E-state index contributed by atoms with van der Waals surface area (Å²) in [5, 5.41) is 2.77. The molecule has 0 spiro atoms. The second kappa shape index (κ2) is 11.2. The van der Waals surface area contributed by atoms with E-state index in [2.05, 4.69) is 29.6 Å². The number of hydrogen-bond acceptors (Lipinski definition) is 4. The molecule has 1 N–H and O–H groups in total. The highest BCUT2D eigenvalue weighted by molar-refractivity contribution is 7.98. The van der Waals surface area contributed by atoms with Crippen molar-refractivity contribution in [3.8, 4) is 0 Å². The van der Waals surface area contributed by atoms with Crippen LogP contribution in [0.4, 0.5) is 10.1 Å². The lowest BCUT2D eigenvalue weighted by molar-refractivity contribution is -0.119. The van der Waals surface area contributed by atoms with Crippen LogP contribution >= 0.6 is 11.8 Å². The van der Waals surface area contributed by atoms with E-state index < -0.39 is 28.3 Å². The zero-order valence-electron chi connectivity index (χ0n) is 17.7. The molecule has 0 fully saturated rings. The van der Waals surface area contributed by atoms with Crippen LogP contribution in [0.2, 0.25) is 0 Å². The van der Waals surface area contributed by atoms with Gasteiger partial charge in [0.15, 0.2) is 0 Å². The molecule has 0 radical (unpaired) electrons. The summed E-state index contributed by atoms with van der Waals surface area (Å²) in [4.78, 5) is 12.6. The molecule has 0 heterocycles. The summed E-state index contributed by atoms with van der Waals surface area (Å²) in [5.41, 5.74) is 2.64. The number of halogens is 1. The van der Waals surface area contributed by atoms with Crippen molar-refractivity contribution in [2.24, 2.45) is 0 Å². The van der Waals surface area contributed by atoms with Crippen LogP contribution in [0.5, 0.6) is 0 Å². The van der Waals surface area contributed by atoms with Crippen LogP contribution in [0.15, 0.2) is 83.8 Å². The standard InChI is InChI=1S/C24H25FN2O3S2/c1-19-7-9-20(10-8-19)18-31-16-15-26-24(28)17-27(22-13-11-21(25)12-14-22)32(29,30)23-5-3-2-4-6-23/h2-14H,15-18H2,1H3,(H,26,28). The number of nitrogens with zero attached hydrogens (tertiary/aromatic N) is 1. The van der Waals surface area contributed by atoms with Crippen molar-refractivity contribution in [2.45, 2.75) is 17.6 Å². The van der Waals surface area contributed by atoms with E-state index in [-0.39, 0.29) is 10.6 Å². The molecule has 3 aromatic rings. The third-order valence-corrected chi connectivity index (χ3v) is 7.51. The zero-order chi connectivity index (χ0) is 23.0. The molecule has 3 aromatic carbocycles. The first-order valence-electron chi connectivity index (χ1n) is 10.1. The summed E-state index contributed by atoms with van der Waals surface area (Å²) in [6, 6.07) is 21.2. The van der Waals surface area contributed by atoms with Gasteiger partial charge in [-0.15, -0.1) is 0 Å². The average molecular weight is 473 g/mol. The highest BCUT2D eigenvalue weighted by atomic mass is 32.2. The second-order valence-corrected chi connectivity index (χ2v) is 10.2. The largest absolute Gasteiger partial charge is 0.354 e. The third kappa shape index (κ3) is 6.58. The summed E-state index contributed by atoms with van der Waals surface area (Å²) < 4.78 is 40.7. The molecule has 168 valence electrons. The Morgan fingerprint density at radius 2 is 1.62 bits per heavy atom. The Hall–Kier alpha value is -2.84. The molecular formula is C24H25FN2O3S2. The fourth-order valence-corrected chi connectivity index (χ4v) is 5.23. The molecule has 0 unspecified atom stereocenters. The minimum Gasteiger partial charge on any atom is -0.354 e. The quantitative estimate of drug-likeness (QED) is 0.445. The van der Waals surface area contributed by atoms with Gasteiger partial charge in [-0.3, -0.25) is 9.10 Å². The summed E-state index contributed by atoms with van der Waals surface area (Å²) in [6.45, 7) is 2.06. The maximum absolute atomic E-state index is 13.4. The minimum atomic E-state index is -3.99. The number of aryl methyl sites for hydroxylation is 1. The molecule has 0 aliphatic heterocycles. The molecule has 3 rings (SSSR count). The molecule has 0 aliphatic rings. The van der Waals surface area contributed by atoms with Gasteiger partial charge in [-0.05, 0) is 48.9 Å². The number of hydrogen-bond donors (Lipinski definition) is 1. The van der Waals surface area contributed by atoms with Crippen molar-refractivity contribution in [3.05, 3.63) is 95.8 Å². The number of nitrogens with one attached hydrogen (secondary N) is 1. The highest BCUT2D eigenvalue weighted by Crippen LogP contribution is 2.23. The zero-order valence-corrected chi connectivity index (χ0v) is 19.3. The molecule has 0 saturated heterocycles. The number of anilines is 1. The Labute approximate surface area is 192 Å². The first-order chi connectivity index (χ1) is 15.4. The number of sulfonamides is 1. The van der Waals surface area contributed by atoms with E-state index in [0.717, 1.165) is 10.1 Å². The minimum absolute atomic E-state index is 0.0609. The smallest absolute Gasteiger partial charge is 0.264 e. The number of carbonyl (C=O) groups is 1. The fraction of sp³-hybridized carbons (Fsp3) is 0.208. The van der Waals surface area contributed by atoms with Crippen molar-refractivity contribution < 1.29 is 17.6 Å². The van der Waals surface area contributed by atoms with E-state index in [9.17, 15) is 17.6 Å². The van der Waals surface area contributed by atoms with Crippen molar-refractivity contribution in [1.82, 2.24) is 5.32 Å². The third-order valence-electron chi connectivity index (χ3n) is 4.69. The van der Waals surface area contributed by atoms with Crippen LogP contribution < -0.4 is 9.62 Å².